The first-order chi connectivity index (χ1) is 9.08. The fourth-order valence-corrected chi connectivity index (χ4v) is 2.65. The summed E-state index contributed by atoms with van der Waals surface area (Å²) < 4.78 is 0. The van der Waals surface area contributed by atoms with Gasteiger partial charge < -0.3 is 10.6 Å². The molecule has 2 atom stereocenters. The third-order valence-electron chi connectivity index (χ3n) is 4.35. The molecule has 19 heavy (non-hydrogen) atoms. The van der Waals surface area contributed by atoms with Gasteiger partial charge in [-0.05, 0) is 36.3 Å². The number of likely N-dealkylation sites (tertiary alicyclic amines) is 1. The molecule has 2 rings (SSSR count). The minimum absolute atomic E-state index is 0.266. The van der Waals surface area contributed by atoms with E-state index >= 15 is 0 Å². The van der Waals surface area contributed by atoms with Gasteiger partial charge in [-0.15, -0.1) is 0 Å². The van der Waals surface area contributed by atoms with Crippen LogP contribution in [0.15, 0.2) is 24.3 Å². The molecule has 1 saturated heterocycles. The molecule has 0 spiro atoms. The van der Waals surface area contributed by atoms with Crippen molar-refractivity contribution >= 4 is 11.6 Å². The van der Waals surface area contributed by atoms with Gasteiger partial charge >= 0.3 is 0 Å². The van der Waals surface area contributed by atoms with Crippen LogP contribution in [0, 0.1) is 11.8 Å². The number of piperidine rings is 1. The molecule has 0 saturated carbocycles. The summed E-state index contributed by atoms with van der Waals surface area (Å²) in [6.07, 6.45) is 2.43. The molecule has 0 bridgehead atoms. The van der Waals surface area contributed by atoms with Crippen molar-refractivity contribution in [2.75, 3.05) is 18.8 Å². The molecule has 2 N–H and O–H groups in total. The molecule has 1 aliphatic rings. The number of amides is 1. The summed E-state index contributed by atoms with van der Waals surface area (Å²) in [6.45, 7) is 6.33. The second kappa shape index (κ2) is 6.09. The predicted octanol–water partition coefficient (Wildman–Crippen LogP) is 2.71. The smallest absolute Gasteiger partial charge is 0.222 e. The number of benzene rings is 1. The van der Waals surface area contributed by atoms with Gasteiger partial charge in [0.05, 0.1) is 0 Å². The number of nitrogen functional groups attached to an aromatic ring is 1. The Morgan fingerprint density at radius 2 is 2.05 bits per heavy atom. The second-order valence-corrected chi connectivity index (χ2v) is 5.78. The van der Waals surface area contributed by atoms with E-state index in [0.717, 1.165) is 43.1 Å². The first kappa shape index (κ1) is 13.9. The molecule has 104 valence electrons. The van der Waals surface area contributed by atoms with Crippen LogP contribution in [0.4, 0.5) is 5.69 Å². The molecule has 1 aromatic carbocycles. The standard InChI is InChI=1S/C16H24N2O/c1-12-9-10-18(11-13(12)2)16(19)8-7-14-5-3-4-6-15(14)17/h3-6,12-13H,7-11,17H2,1-2H3. The SMILES string of the molecule is CC1CCN(C(=O)CCc2ccccc2N)CC1C. The number of carbonyl (C=O) groups is 1. The van der Waals surface area contributed by atoms with Crippen molar-refractivity contribution in [1.29, 1.82) is 0 Å². The van der Waals surface area contributed by atoms with Crippen molar-refractivity contribution in [3.05, 3.63) is 29.8 Å². The van der Waals surface area contributed by atoms with Crippen molar-refractivity contribution in [3.63, 3.8) is 0 Å². The van der Waals surface area contributed by atoms with Gasteiger partial charge in [0.2, 0.25) is 5.91 Å². The number of rotatable bonds is 3. The molecule has 1 aliphatic heterocycles. The normalized spacial score (nSPS) is 23.4. The molecule has 0 aliphatic carbocycles. The zero-order chi connectivity index (χ0) is 13.8. The van der Waals surface area contributed by atoms with E-state index in [1.54, 1.807) is 0 Å². The monoisotopic (exact) mass is 260 g/mol. The summed E-state index contributed by atoms with van der Waals surface area (Å²) in [5, 5.41) is 0. The van der Waals surface area contributed by atoms with Crippen molar-refractivity contribution in [3.8, 4) is 0 Å². The van der Waals surface area contributed by atoms with E-state index in [0.29, 0.717) is 12.3 Å². The second-order valence-electron chi connectivity index (χ2n) is 5.78. The Balaban J connectivity index is 1.87. The fourth-order valence-electron chi connectivity index (χ4n) is 2.65. The van der Waals surface area contributed by atoms with Gasteiger partial charge in [0.1, 0.15) is 0 Å². The van der Waals surface area contributed by atoms with Gasteiger partial charge in [0, 0.05) is 25.2 Å². The van der Waals surface area contributed by atoms with Crippen LogP contribution >= 0.6 is 0 Å². The maximum atomic E-state index is 12.2. The average Bonchev–Trinajstić information content (AvgIpc) is 2.40. The number of hydrogen-bond acceptors (Lipinski definition) is 2. The van der Waals surface area contributed by atoms with Gasteiger partial charge in [0.25, 0.3) is 0 Å². The first-order valence-corrected chi connectivity index (χ1v) is 7.19. The summed E-state index contributed by atoms with van der Waals surface area (Å²) in [7, 11) is 0. The Kier molecular flexibility index (Phi) is 4.46. The summed E-state index contributed by atoms with van der Waals surface area (Å²) >= 11 is 0. The van der Waals surface area contributed by atoms with E-state index in [9.17, 15) is 4.79 Å². The van der Waals surface area contributed by atoms with Gasteiger partial charge in [0.15, 0.2) is 0 Å². The lowest BCUT2D eigenvalue weighted by molar-refractivity contribution is -0.133. The van der Waals surface area contributed by atoms with Crippen LogP contribution in [-0.2, 0) is 11.2 Å². The highest BCUT2D eigenvalue weighted by Gasteiger charge is 2.25. The summed E-state index contributed by atoms with van der Waals surface area (Å²) in [4.78, 5) is 14.2. The number of nitrogens with two attached hydrogens (primary N) is 1. The summed E-state index contributed by atoms with van der Waals surface area (Å²) in [6, 6.07) is 7.79. The van der Waals surface area contributed by atoms with Gasteiger partial charge in [-0.3, -0.25) is 4.79 Å². The highest BCUT2D eigenvalue weighted by molar-refractivity contribution is 5.76. The van der Waals surface area contributed by atoms with Crippen LogP contribution in [0.3, 0.4) is 0 Å². The molecule has 3 nitrogen and oxygen atoms in total. The molecule has 1 amide bonds. The Morgan fingerprint density at radius 3 is 2.74 bits per heavy atom. The predicted molar refractivity (Wildman–Crippen MR) is 78.7 cm³/mol. The minimum Gasteiger partial charge on any atom is -0.399 e. The number of nitrogens with zero attached hydrogens (tertiary/aromatic N) is 1. The molecular formula is C16H24N2O. The quantitative estimate of drug-likeness (QED) is 0.849. The van der Waals surface area contributed by atoms with Crippen molar-refractivity contribution in [1.82, 2.24) is 4.90 Å². The summed E-state index contributed by atoms with van der Waals surface area (Å²) in [5.74, 6) is 1.61. The number of anilines is 1. The minimum atomic E-state index is 0.266. The Labute approximate surface area is 115 Å². The number of hydrogen-bond donors (Lipinski definition) is 1. The van der Waals surface area contributed by atoms with Crippen LogP contribution in [0.25, 0.3) is 0 Å². The molecule has 0 aromatic heterocycles. The number of para-hydroxylation sites is 1. The molecule has 0 radical (unpaired) electrons. The average molecular weight is 260 g/mol. The lowest BCUT2D eigenvalue weighted by Gasteiger charge is -2.35. The zero-order valence-electron chi connectivity index (χ0n) is 11.9. The summed E-state index contributed by atoms with van der Waals surface area (Å²) in [5.41, 5.74) is 7.77. The molecule has 3 heteroatoms. The highest BCUT2D eigenvalue weighted by atomic mass is 16.2. The van der Waals surface area contributed by atoms with Crippen LogP contribution in [0.1, 0.15) is 32.3 Å². The van der Waals surface area contributed by atoms with Gasteiger partial charge in [-0.25, -0.2) is 0 Å². The van der Waals surface area contributed by atoms with E-state index in [4.69, 9.17) is 5.73 Å². The molecule has 1 heterocycles. The Morgan fingerprint density at radius 1 is 1.32 bits per heavy atom. The van der Waals surface area contributed by atoms with Gasteiger partial charge in [-0.1, -0.05) is 32.0 Å². The third-order valence-corrected chi connectivity index (χ3v) is 4.35. The highest BCUT2D eigenvalue weighted by Crippen LogP contribution is 2.23. The maximum Gasteiger partial charge on any atom is 0.222 e. The maximum absolute atomic E-state index is 12.2. The zero-order valence-corrected chi connectivity index (χ0v) is 11.9. The van der Waals surface area contributed by atoms with E-state index in [-0.39, 0.29) is 5.91 Å². The number of aryl methyl sites for hydroxylation is 1. The van der Waals surface area contributed by atoms with Crippen LogP contribution in [-0.4, -0.2) is 23.9 Å². The largest absolute Gasteiger partial charge is 0.399 e. The lowest BCUT2D eigenvalue weighted by Crippen LogP contribution is -2.42. The molecule has 1 fully saturated rings. The Bertz CT molecular complexity index is 444. The van der Waals surface area contributed by atoms with Crippen molar-refractivity contribution < 1.29 is 4.79 Å². The van der Waals surface area contributed by atoms with Crippen molar-refractivity contribution in [2.45, 2.75) is 33.1 Å². The fraction of sp³-hybridized carbons (Fsp3) is 0.562. The van der Waals surface area contributed by atoms with Gasteiger partial charge in [-0.2, -0.15) is 0 Å². The van der Waals surface area contributed by atoms with Crippen LogP contribution in [0.2, 0.25) is 0 Å². The topological polar surface area (TPSA) is 46.3 Å². The lowest BCUT2D eigenvalue weighted by atomic mass is 9.88. The molecule has 1 aromatic rings. The van der Waals surface area contributed by atoms with E-state index in [1.165, 1.54) is 0 Å². The Hall–Kier alpha value is -1.51. The number of carbonyl (C=O) groups excluding carboxylic acids is 1. The van der Waals surface area contributed by atoms with Crippen LogP contribution < -0.4 is 5.73 Å². The first-order valence-electron chi connectivity index (χ1n) is 7.19. The molecular weight excluding hydrogens is 236 g/mol. The third kappa shape index (κ3) is 3.49. The molecule has 2 unspecified atom stereocenters. The van der Waals surface area contributed by atoms with Crippen molar-refractivity contribution in [2.24, 2.45) is 11.8 Å². The van der Waals surface area contributed by atoms with E-state index in [1.807, 2.05) is 29.2 Å². The van der Waals surface area contributed by atoms with E-state index in [2.05, 4.69) is 13.8 Å². The van der Waals surface area contributed by atoms with E-state index < -0.39 is 0 Å². The van der Waals surface area contributed by atoms with Crippen LogP contribution in [0.5, 0.6) is 0 Å².